The van der Waals surface area contributed by atoms with Gasteiger partial charge in [-0.25, -0.2) is 4.79 Å². The molecule has 0 bridgehead atoms. The Balaban J connectivity index is 1.90. The van der Waals surface area contributed by atoms with Crippen molar-refractivity contribution in [3.63, 3.8) is 0 Å². The number of carbonyl (C=O) groups excluding carboxylic acids is 1. The monoisotopic (exact) mass is 239 g/mol. The molecule has 0 radical (unpaired) electrons. The number of hydrogen-bond acceptors (Lipinski definition) is 2. The molecular weight excluding hydrogens is 214 g/mol. The number of rotatable bonds is 3. The van der Waals surface area contributed by atoms with Crippen molar-refractivity contribution >= 4 is 6.03 Å². The highest BCUT2D eigenvalue weighted by molar-refractivity contribution is 5.75. The quantitative estimate of drug-likeness (QED) is 0.702. The predicted molar refractivity (Wildman–Crippen MR) is 68.7 cm³/mol. The summed E-state index contributed by atoms with van der Waals surface area (Å²) in [7, 11) is 0. The van der Waals surface area contributed by atoms with Gasteiger partial charge in [0.15, 0.2) is 0 Å². The second-order valence-corrected chi connectivity index (χ2v) is 5.73. The lowest BCUT2D eigenvalue weighted by atomic mass is 9.73. The third-order valence-electron chi connectivity index (χ3n) is 4.62. The number of carbonyl (C=O) groups is 1. The molecule has 4 nitrogen and oxygen atoms in total. The van der Waals surface area contributed by atoms with Gasteiger partial charge in [-0.1, -0.05) is 19.8 Å². The molecule has 4 heteroatoms. The van der Waals surface area contributed by atoms with E-state index < -0.39 is 0 Å². The van der Waals surface area contributed by atoms with Crippen LogP contribution in [-0.4, -0.2) is 24.2 Å². The molecule has 2 amide bonds. The van der Waals surface area contributed by atoms with Crippen molar-refractivity contribution in [2.75, 3.05) is 6.54 Å². The van der Waals surface area contributed by atoms with Crippen molar-refractivity contribution in [1.29, 1.82) is 0 Å². The van der Waals surface area contributed by atoms with Crippen molar-refractivity contribution in [3.05, 3.63) is 0 Å². The Morgan fingerprint density at radius 1 is 1.29 bits per heavy atom. The molecule has 2 fully saturated rings. The van der Waals surface area contributed by atoms with Crippen LogP contribution in [0.3, 0.4) is 0 Å². The smallest absolute Gasteiger partial charge is 0.315 e. The zero-order chi connectivity index (χ0) is 12.3. The van der Waals surface area contributed by atoms with Gasteiger partial charge in [-0.05, 0) is 38.0 Å². The highest BCUT2D eigenvalue weighted by atomic mass is 16.2. The lowest BCUT2D eigenvalue weighted by Gasteiger charge is -2.43. The van der Waals surface area contributed by atoms with Gasteiger partial charge in [0, 0.05) is 12.6 Å². The fourth-order valence-electron chi connectivity index (χ4n) is 2.95. The summed E-state index contributed by atoms with van der Waals surface area (Å²) >= 11 is 0. The maximum atomic E-state index is 11.9. The number of amides is 2. The summed E-state index contributed by atoms with van der Waals surface area (Å²) in [4.78, 5) is 11.9. The van der Waals surface area contributed by atoms with E-state index in [1.165, 1.54) is 25.7 Å². The maximum absolute atomic E-state index is 11.9. The molecule has 0 aromatic rings. The standard InChI is InChI=1S/C13H25N3O/c1-10-5-2-3-8-13(10,9-14)16-12(17)15-11-6-4-7-11/h10-11H,2-9,14H2,1H3,(H2,15,16,17). The summed E-state index contributed by atoms with van der Waals surface area (Å²) in [6, 6.07) is 0.373. The number of urea groups is 1. The van der Waals surface area contributed by atoms with E-state index in [1.807, 2.05) is 0 Å². The van der Waals surface area contributed by atoms with Crippen molar-refractivity contribution in [3.8, 4) is 0 Å². The van der Waals surface area contributed by atoms with Crippen molar-refractivity contribution in [2.24, 2.45) is 11.7 Å². The molecule has 98 valence electrons. The van der Waals surface area contributed by atoms with Crippen LogP contribution in [0.4, 0.5) is 4.79 Å². The normalized spacial score (nSPS) is 33.9. The van der Waals surface area contributed by atoms with Crippen molar-refractivity contribution in [1.82, 2.24) is 10.6 Å². The van der Waals surface area contributed by atoms with E-state index in [-0.39, 0.29) is 11.6 Å². The molecule has 2 rings (SSSR count). The summed E-state index contributed by atoms with van der Waals surface area (Å²) in [5, 5.41) is 6.19. The fraction of sp³-hybridized carbons (Fsp3) is 0.923. The van der Waals surface area contributed by atoms with E-state index >= 15 is 0 Å². The van der Waals surface area contributed by atoms with Crippen LogP contribution in [0.2, 0.25) is 0 Å². The number of nitrogens with two attached hydrogens (primary N) is 1. The van der Waals surface area contributed by atoms with Crippen molar-refractivity contribution in [2.45, 2.75) is 63.5 Å². The van der Waals surface area contributed by atoms with E-state index in [4.69, 9.17) is 5.73 Å². The Kier molecular flexibility index (Phi) is 3.92. The van der Waals surface area contributed by atoms with E-state index in [1.54, 1.807) is 0 Å². The first-order valence-corrected chi connectivity index (χ1v) is 6.95. The largest absolute Gasteiger partial charge is 0.335 e. The van der Waals surface area contributed by atoms with Gasteiger partial charge >= 0.3 is 6.03 Å². The minimum atomic E-state index is -0.175. The molecule has 2 atom stereocenters. The average molecular weight is 239 g/mol. The molecule has 17 heavy (non-hydrogen) atoms. The zero-order valence-electron chi connectivity index (χ0n) is 10.8. The summed E-state index contributed by atoms with van der Waals surface area (Å²) < 4.78 is 0. The molecule has 0 saturated heterocycles. The zero-order valence-corrected chi connectivity index (χ0v) is 10.8. The van der Waals surface area contributed by atoms with Crippen LogP contribution < -0.4 is 16.4 Å². The Morgan fingerprint density at radius 3 is 2.59 bits per heavy atom. The molecular formula is C13H25N3O. The van der Waals surface area contributed by atoms with E-state index in [0.29, 0.717) is 18.5 Å². The Hall–Kier alpha value is -0.770. The molecule has 2 aliphatic rings. The lowest BCUT2D eigenvalue weighted by Crippen LogP contribution is -2.62. The van der Waals surface area contributed by atoms with Crippen LogP contribution in [-0.2, 0) is 0 Å². The first kappa shape index (κ1) is 12.7. The van der Waals surface area contributed by atoms with Gasteiger partial charge in [0.25, 0.3) is 0 Å². The van der Waals surface area contributed by atoms with Gasteiger partial charge in [0.05, 0.1) is 5.54 Å². The van der Waals surface area contributed by atoms with Gasteiger partial charge < -0.3 is 16.4 Å². The minimum absolute atomic E-state index is 0.0195. The van der Waals surface area contributed by atoms with E-state index in [9.17, 15) is 4.79 Å². The van der Waals surface area contributed by atoms with E-state index in [2.05, 4.69) is 17.6 Å². The summed E-state index contributed by atoms with van der Waals surface area (Å²) in [5.74, 6) is 0.480. The maximum Gasteiger partial charge on any atom is 0.315 e. The first-order chi connectivity index (χ1) is 8.16. The second-order valence-electron chi connectivity index (χ2n) is 5.73. The molecule has 2 aliphatic carbocycles. The second kappa shape index (κ2) is 5.25. The Labute approximate surface area is 104 Å². The number of nitrogens with one attached hydrogen (secondary N) is 2. The fourth-order valence-corrected chi connectivity index (χ4v) is 2.95. The van der Waals surface area contributed by atoms with Crippen LogP contribution in [0, 0.1) is 5.92 Å². The van der Waals surface area contributed by atoms with Crippen LogP contribution in [0.1, 0.15) is 51.9 Å². The topological polar surface area (TPSA) is 67.1 Å². The van der Waals surface area contributed by atoms with Gasteiger partial charge in [-0.15, -0.1) is 0 Å². The van der Waals surface area contributed by atoms with Crippen LogP contribution in [0.5, 0.6) is 0 Å². The number of hydrogen-bond donors (Lipinski definition) is 3. The summed E-state index contributed by atoms with van der Waals surface area (Å²) in [6.07, 6.45) is 8.10. The van der Waals surface area contributed by atoms with Gasteiger partial charge in [-0.2, -0.15) is 0 Å². The molecule has 0 aromatic heterocycles. The lowest BCUT2D eigenvalue weighted by molar-refractivity contribution is 0.156. The summed E-state index contributed by atoms with van der Waals surface area (Å²) in [6.45, 7) is 2.75. The molecule has 4 N–H and O–H groups in total. The third kappa shape index (κ3) is 2.73. The van der Waals surface area contributed by atoms with Gasteiger partial charge in [-0.3, -0.25) is 0 Å². The Morgan fingerprint density at radius 2 is 2.06 bits per heavy atom. The molecule has 2 saturated carbocycles. The van der Waals surface area contributed by atoms with Crippen LogP contribution in [0.25, 0.3) is 0 Å². The highest BCUT2D eigenvalue weighted by Gasteiger charge is 2.38. The van der Waals surface area contributed by atoms with E-state index in [0.717, 1.165) is 19.3 Å². The predicted octanol–water partition coefficient (Wildman–Crippen LogP) is 1.75. The SMILES string of the molecule is CC1CCCCC1(CN)NC(=O)NC1CCC1. The highest BCUT2D eigenvalue weighted by Crippen LogP contribution is 2.32. The van der Waals surface area contributed by atoms with Crippen LogP contribution in [0.15, 0.2) is 0 Å². The Bertz CT molecular complexity index is 278. The summed E-state index contributed by atoms with van der Waals surface area (Å²) in [5.41, 5.74) is 5.74. The van der Waals surface area contributed by atoms with Crippen LogP contribution >= 0.6 is 0 Å². The molecule has 0 aromatic carbocycles. The van der Waals surface area contributed by atoms with Gasteiger partial charge in [0.2, 0.25) is 0 Å². The van der Waals surface area contributed by atoms with Gasteiger partial charge in [0.1, 0.15) is 0 Å². The molecule has 2 unspecified atom stereocenters. The third-order valence-corrected chi connectivity index (χ3v) is 4.62. The average Bonchev–Trinajstić information content (AvgIpc) is 2.27. The molecule has 0 aliphatic heterocycles. The van der Waals surface area contributed by atoms with Crippen molar-refractivity contribution < 1.29 is 4.79 Å². The molecule has 0 heterocycles. The molecule has 0 spiro atoms. The first-order valence-electron chi connectivity index (χ1n) is 6.95. The minimum Gasteiger partial charge on any atom is -0.335 e.